The van der Waals surface area contributed by atoms with E-state index in [0.717, 1.165) is 35.5 Å². The molecule has 28 heavy (non-hydrogen) atoms. The molecule has 2 saturated carbocycles. The molecule has 0 bridgehead atoms. The molecule has 2 aliphatic carbocycles. The van der Waals surface area contributed by atoms with Crippen LogP contribution in [0.15, 0.2) is 0 Å². The van der Waals surface area contributed by atoms with Crippen molar-refractivity contribution < 1.29 is 0 Å². The maximum Gasteiger partial charge on any atom is 0.109 e. The van der Waals surface area contributed by atoms with E-state index < -0.39 is 0 Å². The molecule has 2 fully saturated rings. The van der Waals surface area contributed by atoms with Crippen molar-refractivity contribution in [2.75, 3.05) is 0 Å². The van der Waals surface area contributed by atoms with Gasteiger partial charge in [-0.25, -0.2) is 0 Å². The minimum Gasteiger partial charge on any atom is -0.0664 e. The van der Waals surface area contributed by atoms with E-state index in [1.165, 1.54) is 19.3 Å². The van der Waals surface area contributed by atoms with Crippen molar-refractivity contribution >= 4 is 7.85 Å². The van der Waals surface area contributed by atoms with Crippen LogP contribution in [0.2, 0.25) is 5.31 Å². The Morgan fingerprint density at radius 3 is 1.82 bits per heavy atom. The highest BCUT2D eigenvalue weighted by Gasteiger charge is 2.66. The molecular weight excluding hydrogens is 335 g/mol. The molecule has 1 heteroatoms. The molecule has 0 radical (unpaired) electrons. The van der Waals surface area contributed by atoms with E-state index in [2.05, 4.69) is 97.9 Å². The second-order valence-electron chi connectivity index (χ2n) is 14.1. The SMILES string of the molecule is BC(C)(CC)C(C)(C)C(C)(C)C1C(CC(C)C2C(C)(C)C2(C)C)CC(C)C1C. The molecule has 6 atom stereocenters. The summed E-state index contributed by atoms with van der Waals surface area (Å²) in [6, 6.07) is 0. The van der Waals surface area contributed by atoms with Gasteiger partial charge in [0.15, 0.2) is 0 Å². The minimum atomic E-state index is 0.317. The molecule has 2 aliphatic rings. The van der Waals surface area contributed by atoms with Crippen molar-refractivity contribution in [3.05, 3.63) is 0 Å². The maximum absolute atomic E-state index is 2.62. The van der Waals surface area contributed by atoms with Crippen LogP contribution in [0.4, 0.5) is 0 Å². The van der Waals surface area contributed by atoms with Crippen LogP contribution in [0, 0.1) is 57.2 Å². The van der Waals surface area contributed by atoms with E-state index in [1.807, 2.05) is 0 Å². The molecule has 0 N–H and O–H groups in total. The van der Waals surface area contributed by atoms with Crippen molar-refractivity contribution in [2.45, 2.75) is 115 Å². The summed E-state index contributed by atoms with van der Waals surface area (Å²) in [7, 11) is 2.50. The third-order valence-corrected chi connectivity index (χ3v) is 12.0. The lowest BCUT2D eigenvalue weighted by atomic mass is 9.42. The molecular formula is C27H53B. The highest BCUT2D eigenvalue weighted by atomic mass is 14.7. The van der Waals surface area contributed by atoms with Gasteiger partial charge in [0.05, 0.1) is 0 Å². The summed E-state index contributed by atoms with van der Waals surface area (Å²) in [5.41, 5.74) is 1.68. The Labute approximate surface area is 179 Å². The van der Waals surface area contributed by atoms with Crippen LogP contribution >= 0.6 is 0 Å². The number of hydrogen-bond acceptors (Lipinski definition) is 0. The largest absolute Gasteiger partial charge is 0.109 e. The van der Waals surface area contributed by atoms with Gasteiger partial charge in [-0.1, -0.05) is 102 Å². The molecule has 0 aromatic carbocycles. The van der Waals surface area contributed by atoms with Crippen molar-refractivity contribution in [3.63, 3.8) is 0 Å². The zero-order chi connectivity index (χ0) is 22.1. The summed E-state index contributed by atoms with van der Waals surface area (Å²) >= 11 is 0. The van der Waals surface area contributed by atoms with Gasteiger partial charge in [0.25, 0.3) is 0 Å². The van der Waals surface area contributed by atoms with E-state index in [-0.39, 0.29) is 0 Å². The Hall–Kier alpha value is 0.0649. The molecule has 0 heterocycles. The molecule has 2 rings (SSSR count). The average molecular weight is 389 g/mol. The highest BCUT2D eigenvalue weighted by molar-refractivity contribution is 6.15. The summed E-state index contributed by atoms with van der Waals surface area (Å²) in [5.74, 6) is 5.13. The summed E-state index contributed by atoms with van der Waals surface area (Å²) in [4.78, 5) is 0. The second-order valence-corrected chi connectivity index (χ2v) is 14.1. The van der Waals surface area contributed by atoms with Crippen molar-refractivity contribution in [3.8, 4) is 0 Å². The first-order valence-corrected chi connectivity index (χ1v) is 12.4. The molecule has 0 spiro atoms. The Balaban J connectivity index is 2.31. The molecule has 0 saturated heterocycles. The lowest BCUT2D eigenvalue weighted by Gasteiger charge is -2.57. The standard InChI is InChI=1S/C27H53B/c1-14-27(13,28)26(11,12)23(5,6)21-19(4)17(2)15-20(21)16-18(3)22-24(7,8)25(22,9)10/h17-22H,14-16,28H2,1-13H3. The summed E-state index contributed by atoms with van der Waals surface area (Å²) < 4.78 is 0. The van der Waals surface area contributed by atoms with E-state index in [9.17, 15) is 0 Å². The topological polar surface area (TPSA) is 0 Å². The smallest absolute Gasteiger partial charge is 0.0664 e. The van der Waals surface area contributed by atoms with E-state index >= 15 is 0 Å². The van der Waals surface area contributed by atoms with Gasteiger partial charge in [-0.3, -0.25) is 0 Å². The fourth-order valence-corrected chi connectivity index (χ4v) is 8.13. The number of rotatable bonds is 7. The predicted octanol–water partition coefficient (Wildman–Crippen LogP) is 7.88. The Morgan fingerprint density at radius 1 is 0.964 bits per heavy atom. The van der Waals surface area contributed by atoms with Gasteiger partial charge < -0.3 is 0 Å². The monoisotopic (exact) mass is 388 g/mol. The predicted molar refractivity (Wildman–Crippen MR) is 130 cm³/mol. The molecule has 0 nitrogen and oxygen atoms in total. The maximum atomic E-state index is 2.62. The van der Waals surface area contributed by atoms with E-state index in [1.54, 1.807) is 0 Å². The quantitative estimate of drug-likeness (QED) is 0.389. The number of hydrogen-bond donors (Lipinski definition) is 0. The third kappa shape index (κ3) is 3.34. The Morgan fingerprint density at radius 2 is 1.43 bits per heavy atom. The molecule has 0 amide bonds. The summed E-state index contributed by atoms with van der Waals surface area (Å²) in [6.45, 7) is 32.9. The summed E-state index contributed by atoms with van der Waals surface area (Å²) in [5, 5.41) is 0.360. The van der Waals surface area contributed by atoms with Gasteiger partial charge in [-0.05, 0) is 70.0 Å². The lowest BCUT2D eigenvalue weighted by Crippen LogP contribution is -2.49. The van der Waals surface area contributed by atoms with Gasteiger partial charge in [-0.15, -0.1) is 0 Å². The van der Waals surface area contributed by atoms with Gasteiger partial charge in [-0.2, -0.15) is 0 Å². The molecule has 0 aliphatic heterocycles. The Kier molecular flexibility index (Phi) is 6.13. The van der Waals surface area contributed by atoms with Gasteiger partial charge in [0, 0.05) is 0 Å². The molecule has 0 aromatic heterocycles. The Bertz CT molecular complexity index is 551. The fourth-order valence-electron chi connectivity index (χ4n) is 8.13. The fraction of sp³-hybridized carbons (Fsp3) is 1.00. The molecule has 0 aromatic rings. The van der Waals surface area contributed by atoms with Gasteiger partial charge in [0.2, 0.25) is 0 Å². The van der Waals surface area contributed by atoms with Crippen LogP contribution < -0.4 is 0 Å². The van der Waals surface area contributed by atoms with Crippen LogP contribution in [-0.4, -0.2) is 7.85 Å². The van der Waals surface area contributed by atoms with E-state index in [0.29, 0.717) is 27.0 Å². The lowest BCUT2D eigenvalue weighted by molar-refractivity contribution is -0.0367. The normalized spacial score (nSPS) is 36.2. The third-order valence-electron chi connectivity index (χ3n) is 12.0. The van der Waals surface area contributed by atoms with Gasteiger partial charge in [0.1, 0.15) is 7.85 Å². The van der Waals surface area contributed by atoms with Crippen LogP contribution in [0.1, 0.15) is 109 Å². The first kappa shape index (κ1) is 24.3. The van der Waals surface area contributed by atoms with Crippen molar-refractivity contribution in [1.82, 2.24) is 0 Å². The molecule has 6 unspecified atom stereocenters. The second kappa shape index (κ2) is 7.05. The van der Waals surface area contributed by atoms with E-state index in [4.69, 9.17) is 0 Å². The first-order valence-electron chi connectivity index (χ1n) is 12.4. The van der Waals surface area contributed by atoms with Crippen LogP contribution in [-0.2, 0) is 0 Å². The first-order chi connectivity index (χ1) is 12.4. The zero-order valence-corrected chi connectivity index (χ0v) is 22.1. The molecule has 164 valence electrons. The average Bonchev–Trinajstić information content (AvgIpc) is 2.77. The summed E-state index contributed by atoms with van der Waals surface area (Å²) in [6.07, 6.45) is 4.13. The zero-order valence-electron chi connectivity index (χ0n) is 22.1. The van der Waals surface area contributed by atoms with Crippen molar-refractivity contribution in [2.24, 2.45) is 57.2 Å². The van der Waals surface area contributed by atoms with Crippen LogP contribution in [0.25, 0.3) is 0 Å². The van der Waals surface area contributed by atoms with Crippen molar-refractivity contribution in [1.29, 1.82) is 0 Å². The van der Waals surface area contributed by atoms with Crippen LogP contribution in [0.3, 0.4) is 0 Å². The highest BCUT2D eigenvalue weighted by Crippen LogP contribution is 2.72. The minimum absolute atomic E-state index is 0.317. The van der Waals surface area contributed by atoms with Crippen LogP contribution in [0.5, 0.6) is 0 Å². The van der Waals surface area contributed by atoms with Gasteiger partial charge >= 0.3 is 0 Å².